The third kappa shape index (κ3) is 4.54. The Hall–Kier alpha value is -3.65. The van der Waals surface area contributed by atoms with Gasteiger partial charge in [0.2, 0.25) is 0 Å². The maximum Gasteiger partial charge on any atom is 0.261 e. The zero-order valence-electron chi connectivity index (χ0n) is 18.9. The van der Waals surface area contributed by atoms with Crippen LogP contribution in [0.15, 0.2) is 77.7 Å². The predicted molar refractivity (Wildman–Crippen MR) is 132 cm³/mol. The lowest BCUT2D eigenvalue weighted by molar-refractivity contribution is 0.0705. The number of imidazole rings is 1. The highest BCUT2D eigenvalue weighted by molar-refractivity contribution is 7.92. The Morgan fingerprint density at radius 2 is 1.76 bits per heavy atom. The minimum Gasteiger partial charge on any atom is -0.342 e. The number of carbonyl (C=O) groups excluding carboxylic acids is 1. The second-order valence-electron chi connectivity index (χ2n) is 8.73. The molecule has 174 valence electrons. The number of aryl methyl sites for hydroxylation is 1. The zero-order chi connectivity index (χ0) is 23.7. The molecule has 0 radical (unpaired) electrons. The molecule has 1 amide bonds. The van der Waals surface area contributed by atoms with Crippen molar-refractivity contribution in [3.05, 3.63) is 89.7 Å². The van der Waals surface area contributed by atoms with E-state index in [-0.39, 0.29) is 16.7 Å². The lowest BCUT2D eigenvalue weighted by Gasteiger charge is -2.32. The van der Waals surface area contributed by atoms with E-state index in [1.165, 1.54) is 12.1 Å². The van der Waals surface area contributed by atoms with Crippen LogP contribution in [0.3, 0.4) is 0 Å². The van der Waals surface area contributed by atoms with E-state index in [9.17, 15) is 13.2 Å². The number of benzene rings is 3. The topological polar surface area (TPSA) is 95.2 Å². The van der Waals surface area contributed by atoms with E-state index >= 15 is 0 Å². The first-order valence-electron chi connectivity index (χ1n) is 11.3. The van der Waals surface area contributed by atoms with Crippen molar-refractivity contribution in [3.63, 3.8) is 0 Å². The Morgan fingerprint density at radius 3 is 2.50 bits per heavy atom. The molecule has 1 atom stereocenters. The Morgan fingerprint density at radius 1 is 1.03 bits per heavy atom. The smallest absolute Gasteiger partial charge is 0.261 e. The number of nitrogens with zero attached hydrogens (tertiary/aromatic N) is 2. The van der Waals surface area contributed by atoms with Gasteiger partial charge in [0.15, 0.2) is 0 Å². The van der Waals surface area contributed by atoms with Crippen molar-refractivity contribution in [1.29, 1.82) is 0 Å². The highest BCUT2D eigenvalue weighted by Crippen LogP contribution is 2.28. The van der Waals surface area contributed by atoms with Gasteiger partial charge in [0.05, 0.1) is 15.9 Å². The highest BCUT2D eigenvalue weighted by Gasteiger charge is 2.27. The van der Waals surface area contributed by atoms with E-state index in [1.54, 1.807) is 24.3 Å². The van der Waals surface area contributed by atoms with Gasteiger partial charge in [-0.1, -0.05) is 29.8 Å². The van der Waals surface area contributed by atoms with Crippen LogP contribution in [0.5, 0.6) is 0 Å². The second kappa shape index (κ2) is 8.95. The summed E-state index contributed by atoms with van der Waals surface area (Å²) >= 11 is 0. The number of hydrogen-bond donors (Lipinski definition) is 2. The lowest BCUT2D eigenvalue weighted by atomic mass is 9.96. The first-order valence-corrected chi connectivity index (χ1v) is 12.8. The van der Waals surface area contributed by atoms with Crippen LogP contribution in [-0.2, 0) is 10.0 Å². The molecule has 7 nitrogen and oxygen atoms in total. The second-order valence-corrected chi connectivity index (χ2v) is 10.4. The summed E-state index contributed by atoms with van der Waals surface area (Å²) < 4.78 is 28.0. The summed E-state index contributed by atoms with van der Waals surface area (Å²) in [5.41, 5.74) is 3.94. The summed E-state index contributed by atoms with van der Waals surface area (Å²) in [6.07, 6.45) is 1.85. The number of rotatable bonds is 5. The molecule has 0 bridgehead atoms. The van der Waals surface area contributed by atoms with Crippen molar-refractivity contribution in [2.45, 2.75) is 30.6 Å². The third-order valence-corrected chi connectivity index (χ3v) is 7.62. The normalized spacial score (nSPS) is 16.5. The van der Waals surface area contributed by atoms with Crippen LogP contribution in [0.25, 0.3) is 11.0 Å². The number of para-hydroxylation sites is 2. The average molecular weight is 475 g/mol. The van der Waals surface area contributed by atoms with Gasteiger partial charge in [-0.15, -0.1) is 0 Å². The molecular formula is C26H26N4O3S. The Balaban J connectivity index is 1.29. The molecule has 1 unspecified atom stereocenters. The fourth-order valence-electron chi connectivity index (χ4n) is 4.35. The Labute approximate surface area is 198 Å². The van der Waals surface area contributed by atoms with Crippen molar-refractivity contribution in [1.82, 2.24) is 14.9 Å². The van der Waals surface area contributed by atoms with Gasteiger partial charge in [-0.3, -0.25) is 9.52 Å². The number of fused-ring (bicyclic) bond motifs is 1. The van der Waals surface area contributed by atoms with Gasteiger partial charge < -0.3 is 9.88 Å². The first-order chi connectivity index (χ1) is 16.4. The van der Waals surface area contributed by atoms with Gasteiger partial charge >= 0.3 is 0 Å². The molecule has 1 fully saturated rings. The number of hydrogen-bond acceptors (Lipinski definition) is 4. The fourth-order valence-corrected chi connectivity index (χ4v) is 5.40. The SMILES string of the molecule is Cc1ccc(NS(=O)(=O)c2ccc(C(=O)N3CCCC(c4nc5ccccc5[nH]4)C3)cc2)cc1. The molecule has 0 saturated carbocycles. The molecule has 1 aliphatic rings. The number of aromatic amines is 1. The maximum atomic E-state index is 13.2. The number of sulfonamides is 1. The van der Waals surface area contributed by atoms with Gasteiger partial charge in [-0.2, -0.15) is 0 Å². The molecule has 1 aromatic heterocycles. The van der Waals surface area contributed by atoms with Crippen LogP contribution in [-0.4, -0.2) is 42.3 Å². The number of carbonyl (C=O) groups is 1. The molecule has 2 heterocycles. The molecule has 0 aliphatic carbocycles. The average Bonchev–Trinajstić information content (AvgIpc) is 3.30. The summed E-state index contributed by atoms with van der Waals surface area (Å²) in [5, 5.41) is 0. The minimum atomic E-state index is -3.74. The number of anilines is 1. The highest BCUT2D eigenvalue weighted by atomic mass is 32.2. The van der Waals surface area contributed by atoms with Crippen molar-refractivity contribution in [2.75, 3.05) is 17.8 Å². The van der Waals surface area contributed by atoms with E-state index < -0.39 is 10.0 Å². The van der Waals surface area contributed by atoms with Crippen molar-refractivity contribution in [2.24, 2.45) is 0 Å². The molecule has 5 rings (SSSR count). The van der Waals surface area contributed by atoms with Crippen LogP contribution >= 0.6 is 0 Å². The largest absolute Gasteiger partial charge is 0.342 e. The van der Waals surface area contributed by atoms with Gasteiger partial charge in [-0.25, -0.2) is 13.4 Å². The molecule has 4 aromatic rings. The number of amides is 1. The van der Waals surface area contributed by atoms with Gasteiger partial charge in [0.25, 0.3) is 15.9 Å². The summed E-state index contributed by atoms with van der Waals surface area (Å²) in [5.74, 6) is 0.946. The zero-order valence-corrected chi connectivity index (χ0v) is 19.7. The van der Waals surface area contributed by atoms with Crippen molar-refractivity contribution < 1.29 is 13.2 Å². The van der Waals surface area contributed by atoms with E-state index in [1.807, 2.05) is 48.2 Å². The first kappa shape index (κ1) is 22.2. The van der Waals surface area contributed by atoms with Crippen LogP contribution in [0, 0.1) is 6.92 Å². The predicted octanol–water partition coefficient (Wildman–Crippen LogP) is 4.69. The third-order valence-electron chi connectivity index (χ3n) is 6.22. The molecule has 8 heteroatoms. The Kier molecular flexibility index (Phi) is 5.83. The number of aromatic nitrogens is 2. The van der Waals surface area contributed by atoms with Crippen LogP contribution in [0.1, 0.15) is 40.5 Å². The lowest BCUT2D eigenvalue weighted by Crippen LogP contribution is -2.39. The Bertz CT molecular complexity index is 1390. The maximum absolute atomic E-state index is 13.2. The summed E-state index contributed by atoms with van der Waals surface area (Å²) in [4.78, 5) is 23.2. The standard InChI is InChI=1S/C26H26N4O3S/c1-18-8-12-21(13-9-18)29-34(32,33)22-14-10-19(11-15-22)26(31)30-16-4-5-20(17-30)25-27-23-6-2-3-7-24(23)28-25/h2-3,6-15,20,29H,4-5,16-17H2,1H3,(H,27,28). The van der Waals surface area contributed by atoms with E-state index in [4.69, 9.17) is 4.98 Å². The number of H-pyrrole nitrogens is 1. The quantitative estimate of drug-likeness (QED) is 0.439. The van der Waals surface area contributed by atoms with Crippen molar-refractivity contribution in [3.8, 4) is 0 Å². The van der Waals surface area contributed by atoms with Crippen molar-refractivity contribution >= 4 is 32.7 Å². The molecule has 0 spiro atoms. The number of piperidine rings is 1. The van der Waals surface area contributed by atoms with E-state index in [2.05, 4.69) is 9.71 Å². The summed E-state index contributed by atoms with van der Waals surface area (Å²) in [7, 11) is -3.74. The molecular weight excluding hydrogens is 448 g/mol. The van der Waals surface area contributed by atoms with Gasteiger partial charge in [-0.05, 0) is 68.3 Å². The van der Waals surface area contributed by atoms with Gasteiger partial charge in [0, 0.05) is 30.3 Å². The van der Waals surface area contributed by atoms with Crippen LogP contribution in [0.2, 0.25) is 0 Å². The number of likely N-dealkylation sites (tertiary alicyclic amines) is 1. The minimum absolute atomic E-state index is 0.101. The van der Waals surface area contributed by atoms with Crippen LogP contribution in [0.4, 0.5) is 5.69 Å². The number of nitrogens with one attached hydrogen (secondary N) is 2. The fraction of sp³-hybridized carbons (Fsp3) is 0.231. The summed E-state index contributed by atoms with van der Waals surface area (Å²) in [6.45, 7) is 3.19. The molecule has 2 N–H and O–H groups in total. The monoisotopic (exact) mass is 474 g/mol. The summed E-state index contributed by atoms with van der Waals surface area (Å²) in [6, 6.07) is 21.2. The van der Waals surface area contributed by atoms with Crippen LogP contribution < -0.4 is 4.72 Å². The van der Waals surface area contributed by atoms with E-state index in [0.29, 0.717) is 24.3 Å². The molecule has 3 aromatic carbocycles. The molecule has 34 heavy (non-hydrogen) atoms. The van der Waals surface area contributed by atoms with E-state index in [0.717, 1.165) is 35.3 Å². The molecule has 1 saturated heterocycles. The van der Waals surface area contributed by atoms with Gasteiger partial charge in [0.1, 0.15) is 5.82 Å². The molecule has 1 aliphatic heterocycles.